The van der Waals surface area contributed by atoms with Gasteiger partial charge in [-0.3, -0.25) is 9.59 Å². The van der Waals surface area contributed by atoms with Gasteiger partial charge >= 0.3 is 0 Å². The number of rotatable bonds is 6. The molecule has 1 heterocycles. The summed E-state index contributed by atoms with van der Waals surface area (Å²) in [5, 5.41) is 5.66. The lowest BCUT2D eigenvalue weighted by Gasteiger charge is -2.12. The van der Waals surface area contributed by atoms with Gasteiger partial charge in [0.25, 0.3) is 11.8 Å². The van der Waals surface area contributed by atoms with E-state index in [4.69, 9.17) is 9.47 Å². The number of anilines is 2. The summed E-state index contributed by atoms with van der Waals surface area (Å²) in [7, 11) is 0. The zero-order valence-corrected chi connectivity index (χ0v) is 14.7. The van der Waals surface area contributed by atoms with E-state index < -0.39 is 0 Å². The average Bonchev–Trinajstić information content (AvgIpc) is 3.19. The first kappa shape index (κ1) is 17.9. The minimum atomic E-state index is -0.371. The first-order valence-corrected chi connectivity index (χ1v) is 8.73. The van der Waals surface area contributed by atoms with E-state index in [-0.39, 0.29) is 17.9 Å². The van der Waals surface area contributed by atoms with E-state index in [9.17, 15) is 9.59 Å². The van der Waals surface area contributed by atoms with Crippen molar-refractivity contribution in [3.05, 3.63) is 54.1 Å². The summed E-state index contributed by atoms with van der Waals surface area (Å²) in [5.41, 5.74) is 1.78. The Morgan fingerprint density at radius 1 is 1.08 bits per heavy atom. The van der Waals surface area contributed by atoms with E-state index in [0.29, 0.717) is 35.9 Å². The molecular weight excluding hydrogens is 332 g/mol. The molecule has 136 valence electrons. The molecule has 2 aromatic carbocycles. The molecule has 1 aliphatic rings. The largest absolute Gasteiger partial charge is 0.493 e. The second-order valence-electron chi connectivity index (χ2n) is 5.95. The number of ether oxygens (including phenoxy) is 2. The van der Waals surface area contributed by atoms with Crippen LogP contribution in [-0.4, -0.2) is 31.1 Å². The molecule has 0 bridgehead atoms. The van der Waals surface area contributed by atoms with Crippen molar-refractivity contribution in [2.24, 2.45) is 0 Å². The normalized spacial score (nSPS) is 16.1. The topological polar surface area (TPSA) is 76.7 Å². The van der Waals surface area contributed by atoms with Gasteiger partial charge in [-0.1, -0.05) is 12.1 Å². The number of hydrogen-bond donors (Lipinski definition) is 2. The van der Waals surface area contributed by atoms with Crippen molar-refractivity contribution >= 4 is 23.2 Å². The lowest BCUT2D eigenvalue weighted by molar-refractivity contribution is -0.124. The number of nitrogens with one attached hydrogen (secondary N) is 2. The fourth-order valence-corrected chi connectivity index (χ4v) is 2.78. The second kappa shape index (κ2) is 8.49. The van der Waals surface area contributed by atoms with E-state index >= 15 is 0 Å². The van der Waals surface area contributed by atoms with Crippen LogP contribution in [0, 0.1) is 0 Å². The van der Waals surface area contributed by atoms with E-state index in [2.05, 4.69) is 10.6 Å². The van der Waals surface area contributed by atoms with Crippen molar-refractivity contribution in [2.45, 2.75) is 25.9 Å². The highest BCUT2D eigenvalue weighted by Gasteiger charge is 2.23. The molecule has 1 fully saturated rings. The summed E-state index contributed by atoms with van der Waals surface area (Å²) in [4.78, 5) is 24.5. The molecule has 2 N–H and O–H groups in total. The molecule has 1 atom stereocenters. The number of amides is 2. The highest BCUT2D eigenvalue weighted by atomic mass is 16.5. The highest BCUT2D eigenvalue weighted by molar-refractivity contribution is 6.06. The van der Waals surface area contributed by atoms with Gasteiger partial charge in [0.1, 0.15) is 11.9 Å². The quantitative estimate of drug-likeness (QED) is 0.833. The third kappa shape index (κ3) is 4.40. The average molecular weight is 354 g/mol. The SMILES string of the molecule is CCOc1ccccc1C(=O)Nc1ccc(NC(=O)C2CCCO2)cc1. The van der Waals surface area contributed by atoms with Gasteiger partial charge in [0.15, 0.2) is 0 Å². The smallest absolute Gasteiger partial charge is 0.259 e. The highest BCUT2D eigenvalue weighted by Crippen LogP contribution is 2.21. The standard InChI is InChI=1S/C20H22N2O4/c1-2-25-17-7-4-3-6-16(17)19(23)21-14-9-11-15(12-10-14)22-20(24)18-8-5-13-26-18/h3-4,6-7,9-12,18H,2,5,8,13H2,1H3,(H,21,23)(H,22,24). The maximum absolute atomic E-state index is 12.5. The summed E-state index contributed by atoms with van der Waals surface area (Å²) in [6.45, 7) is 2.99. The van der Waals surface area contributed by atoms with Gasteiger partial charge in [0.05, 0.1) is 12.2 Å². The fraction of sp³-hybridized carbons (Fsp3) is 0.300. The van der Waals surface area contributed by atoms with Crippen LogP contribution in [0.2, 0.25) is 0 Å². The minimum Gasteiger partial charge on any atom is -0.493 e. The molecule has 6 heteroatoms. The van der Waals surface area contributed by atoms with Crippen LogP contribution in [0.1, 0.15) is 30.1 Å². The molecule has 2 aromatic rings. The van der Waals surface area contributed by atoms with Crippen molar-refractivity contribution in [2.75, 3.05) is 23.8 Å². The predicted octanol–water partition coefficient (Wildman–Crippen LogP) is 3.46. The van der Waals surface area contributed by atoms with Gasteiger partial charge in [-0.25, -0.2) is 0 Å². The number of benzene rings is 2. The van der Waals surface area contributed by atoms with Crippen molar-refractivity contribution < 1.29 is 19.1 Å². The van der Waals surface area contributed by atoms with Crippen molar-refractivity contribution in [3.8, 4) is 5.75 Å². The summed E-state index contributed by atoms with van der Waals surface area (Å²) in [5.74, 6) is 0.170. The number of para-hydroxylation sites is 1. The van der Waals surface area contributed by atoms with Crippen molar-refractivity contribution in [3.63, 3.8) is 0 Å². The third-order valence-electron chi connectivity index (χ3n) is 4.06. The molecule has 6 nitrogen and oxygen atoms in total. The number of carbonyl (C=O) groups is 2. The molecule has 1 saturated heterocycles. The van der Waals surface area contributed by atoms with Crippen LogP contribution in [0.25, 0.3) is 0 Å². The lowest BCUT2D eigenvalue weighted by Crippen LogP contribution is -2.26. The van der Waals surface area contributed by atoms with Crippen LogP contribution in [-0.2, 0) is 9.53 Å². The van der Waals surface area contributed by atoms with Crippen LogP contribution in [0.15, 0.2) is 48.5 Å². The Morgan fingerprint density at radius 2 is 1.77 bits per heavy atom. The van der Waals surface area contributed by atoms with Gasteiger partial charge in [0, 0.05) is 18.0 Å². The Morgan fingerprint density at radius 3 is 2.42 bits per heavy atom. The Labute approximate surface area is 152 Å². The summed E-state index contributed by atoms with van der Waals surface area (Å²) < 4.78 is 10.8. The first-order chi connectivity index (χ1) is 12.7. The molecule has 1 unspecified atom stereocenters. The van der Waals surface area contributed by atoms with Gasteiger partial charge in [-0.15, -0.1) is 0 Å². The third-order valence-corrected chi connectivity index (χ3v) is 4.06. The molecule has 0 saturated carbocycles. The summed E-state index contributed by atoms with van der Waals surface area (Å²) >= 11 is 0. The molecule has 0 spiro atoms. The van der Waals surface area contributed by atoms with Gasteiger partial charge < -0.3 is 20.1 Å². The van der Waals surface area contributed by atoms with Gasteiger partial charge in [-0.2, -0.15) is 0 Å². The Bertz CT molecular complexity index is 768. The van der Waals surface area contributed by atoms with Crippen LogP contribution in [0.5, 0.6) is 5.75 Å². The summed E-state index contributed by atoms with van der Waals surface area (Å²) in [6.07, 6.45) is 1.29. The van der Waals surface area contributed by atoms with Crippen molar-refractivity contribution in [1.82, 2.24) is 0 Å². The van der Waals surface area contributed by atoms with E-state index in [1.165, 1.54) is 0 Å². The Hall–Kier alpha value is -2.86. The van der Waals surface area contributed by atoms with Crippen molar-refractivity contribution in [1.29, 1.82) is 0 Å². The molecule has 1 aliphatic heterocycles. The zero-order chi connectivity index (χ0) is 18.4. The summed E-state index contributed by atoms with van der Waals surface area (Å²) in [6, 6.07) is 14.1. The zero-order valence-electron chi connectivity index (χ0n) is 14.7. The lowest BCUT2D eigenvalue weighted by atomic mass is 10.1. The maximum Gasteiger partial charge on any atom is 0.259 e. The predicted molar refractivity (Wildman–Crippen MR) is 99.6 cm³/mol. The Kier molecular flexibility index (Phi) is 5.86. The van der Waals surface area contributed by atoms with E-state index in [1.54, 1.807) is 42.5 Å². The molecule has 0 aliphatic carbocycles. The van der Waals surface area contributed by atoms with Crippen LogP contribution in [0.3, 0.4) is 0 Å². The molecule has 3 rings (SSSR count). The second-order valence-corrected chi connectivity index (χ2v) is 5.95. The van der Waals surface area contributed by atoms with Crippen LogP contribution < -0.4 is 15.4 Å². The van der Waals surface area contributed by atoms with E-state index in [0.717, 1.165) is 12.8 Å². The minimum absolute atomic E-state index is 0.134. The number of carbonyl (C=O) groups excluding carboxylic acids is 2. The molecular formula is C20H22N2O4. The molecule has 0 aromatic heterocycles. The number of hydrogen-bond acceptors (Lipinski definition) is 4. The van der Waals surface area contributed by atoms with E-state index in [1.807, 2.05) is 13.0 Å². The molecule has 2 amide bonds. The van der Waals surface area contributed by atoms with Gasteiger partial charge in [0.2, 0.25) is 0 Å². The molecule has 0 radical (unpaired) electrons. The monoisotopic (exact) mass is 354 g/mol. The first-order valence-electron chi connectivity index (χ1n) is 8.73. The maximum atomic E-state index is 12.5. The molecule has 26 heavy (non-hydrogen) atoms. The van der Waals surface area contributed by atoms with Crippen LogP contribution in [0.4, 0.5) is 11.4 Å². The van der Waals surface area contributed by atoms with Gasteiger partial charge in [-0.05, 0) is 56.2 Å². The Balaban J connectivity index is 1.62. The van der Waals surface area contributed by atoms with Crippen LogP contribution >= 0.6 is 0 Å². The fourth-order valence-electron chi connectivity index (χ4n) is 2.78.